The summed E-state index contributed by atoms with van der Waals surface area (Å²) in [7, 11) is 0. The van der Waals surface area contributed by atoms with Crippen LogP contribution in [0.25, 0.3) is 0 Å². The molecule has 2 atom stereocenters. The zero-order valence-electron chi connectivity index (χ0n) is 11.4. The topological polar surface area (TPSA) is 57.6 Å². The molecular weight excluding hydrogens is 322 g/mol. The summed E-state index contributed by atoms with van der Waals surface area (Å²) < 4.78 is 0.990. The molecule has 1 saturated heterocycles. The first-order chi connectivity index (χ1) is 9.47. The Morgan fingerprint density at radius 2 is 2.00 bits per heavy atom. The average molecular weight is 340 g/mol. The van der Waals surface area contributed by atoms with E-state index in [0.29, 0.717) is 25.8 Å². The minimum Gasteiger partial charge on any atom is -0.481 e. The molecule has 0 bridgehead atoms. The Kier molecular flexibility index (Phi) is 4.81. The van der Waals surface area contributed by atoms with Crippen molar-refractivity contribution < 1.29 is 14.7 Å². The third-order valence-corrected chi connectivity index (χ3v) is 4.34. The predicted molar refractivity (Wildman–Crippen MR) is 79.4 cm³/mol. The van der Waals surface area contributed by atoms with Gasteiger partial charge in [-0.1, -0.05) is 28.1 Å². The number of amides is 1. The van der Waals surface area contributed by atoms with E-state index in [1.54, 1.807) is 0 Å². The standard InChI is InChI=1S/C15H18BrNO3/c1-10-8-12(15(19)20)6-7-17(10)14(18)9-11-2-4-13(16)5-3-11/h2-5,10,12H,6-9H2,1H3,(H,19,20). The van der Waals surface area contributed by atoms with Crippen molar-refractivity contribution in [2.45, 2.75) is 32.2 Å². The van der Waals surface area contributed by atoms with E-state index in [-0.39, 0.29) is 17.9 Å². The van der Waals surface area contributed by atoms with Gasteiger partial charge in [-0.05, 0) is 37.5 Å². The second-order valence-corrected chi connectivity index (χ2v) is 6.21. The van der Waals surface area contributed by atoms with Gasteiger partial charge in [0.1, 0.15) is 0 Å². The number of nitrogens with zero attached hydrogens (tertiary/aromatic N) is 1. The molecule has 1 aliphatic heterocycles. The van der Waals surface area contributed by atoms with Crippen LogP contribution in [-0.2, 0) is 16.0 Å². The van der Waals surface area contributed by atoms with Gasteiger partial charge in [0.2, 0.25) is 5.91 Å². The molecule has 0 saturated carbocycles. The molecule has 1 N–H and O–H groups in total. The molecule has 20 heavy (non-hydrogen) atoms. The number of likely N-dealkylation sites (tertiary alicyclic amines) is 1. The number of rotatable bonds is 3. The normalized spacial score (nSPS) is 22.6. The van der Waals surface area contributed by atoms with Gasteiger partial charge in [0, 0.05) is 17.1 Å². The van der Waals surface area contributed by atoms with Gasteiger partial charge in [0.05, 0.1) is 12.3 Å². The number of carboxylic acids is 1. The maximum atomic E-state index is 12.3. The van der Waals surface area contributed by atoms with Crippen molar-refractivity contribution in [1.82, 2.24) is 4.90 Å². The van der Waals surface area contributed by atoms with Gasteiger partial charge in [0.25, 0.3) is 0 Å². The molecule has 5 heteroatoms. The first-order valence-corrected chi connectivity index (χ1v) is 7.53. The first kappa shape index (κ1) is 15.0. The molecule has 1 aliphatic rings. The summed E-state index contributed by atoms with van der Waals surface area (Å²) in [4.78, 5) is 25.1. The zero-order valence-corrected chi connectivity index (χ0v) is 13.0. The lowest BCUT2D eigenvalue weighted by Crippen LogP contribution is -2.46. The highest BCUT2D eigenvalue weighted by Crippen LogP contribution is 2.24. The molecule has 1 heterocycles. The molecule has 1 fully saturated rings. The molecule has 0 aliphatic carbocycles. The van der Waals surface area contributed by atoms with Gasteiger partial charge < -0.3 is 10.0 Å². The minimum atomic E-state index is -0.753. The fourth-order valence-electron chi connectivity index (χ4n) is 2.65. The lowest BCUT2D eigenvalue weighted by Gasteiger charge is -2.36. The maximum absolute atomic E-state index is 12.3. The van der Waals surface area contributed by atoms with Crippen LogP contribution in [0, 0.1) is 5.92 Å². The Morgan fingerprint density at radius 3 is 2.55 bits per heavy atom. The van der Waals surface area contributed by atoms with Crippen LogP contribution in [0.4, 0.5) is 0 Å². The minimum absolute atomic E-state index is 0.00667. The van der Waals surface area contributed by atoms with Crippen molar-refractivity contribution in [1.29, 1.82) is 0 Å². The Hall–Kier alpha value is -1.36. The highest BCUT2D eigenvalue weighted by Gasteiger charge is 2.31. The van der Waals surface area contributed by atoms with Crippen molar-refractivity contribution in [2.75, 3.05) is 6.54 Å². The fraction of sp³-hybridized carbons (Fsp3) is 0.467. The number of carbonyl (C=O) groups excluding carboxylic acids is 1. The van der Waals surface area contributed by atoms with Crippen LogP contribution in [0.2, 0.25) is 0 Å². The largest absolute Gasteiger partial charge is 0.481 e. The van der Waals surface area contributed by atoms with Crippen molar-refractivity contribution in [3.63, 3.8) is 0 Å². The summed E-state index contributed by atoms with van der Waals surface area (Å²) >= 11 is 3.37. The number of piperidine rings is 1. The van der Waals surface area contributed by atoms with E-state index in [9.17, 15) is 9.59 Å². The van der Waals surface area contributed by atoms with Crippen LogP contribution in [0.3, 0.4) is 0 Å². The number of hydrogen-bond donors (Lipinski definition) is 1. The second kappa shape index (κ2) is 6.39. The van der Waals surface area contributed by atoms with Gasteiger partial charge in [-0.2, -0.15) is 0 Å². The van der Waals surface area contributed by atoms with Crippen molar-refractivity contribution in [2.24, 2.45) is 5.92 Å². The molecule has 1 amide bonds. The Bertz CT molecular complexity index is 500. The predicted octanol–water partition coefficient (Wildman–Crippen LogP) is 2.70. The van der Waals surface area contributed by atoms with Crippen molar-refractivity contribution >= 4 is 27.8 Å². The Balaban J connectivity index is 1.96. The first-order valence-electron chi connectivity index (χ1n) is 6.74. The highest BCUT2D eigenvalue weighted by molar-refractivity contribution is 9.10. The van der Waals surface area contributed by atoms with Crippen LogP contribution in [0.5, 0.6) is 0 Å². The summed E-state index contributed by atoms with van der Waals surface area (Å²) in [6, 6.07) is 7.69. The lowest BCUT2D eigenvalue weighted by atomic mass is 9.91. The van der Waals surface area contributed by atoms with E-state index in [1.807, 2.05) is 36.1 Å². The molecule has 1 aromatic carbocycles. The fourth-order valence-corrected chi connectivity index (χ4v) is 2.91. The second-order valence-electron chi connectivity index (χ2n) is 5.30. The van der Waals surface area contributed by atoms with E-state index < -0.39 is 5.97 Å². The number of carboxylic acid groups (broad SMARTS) is 1. The molecule has 0 spiro atoms. The summed E-state index contributed by atoms with van der Waals surface area (Å²) in [5.74, 6) is -0.998. The molecule has 2 rings (SSSR count). The van der Waals surface area contributed by atoms with Gasteiger partial charge in [-0.3, -0.25) is 9.59 Å². The van der Waals surface area contributed by atoms with Crippen molar-refractivity contribution in [3.8, 4) is 0 Å². The van der Waals surface area contributed by atoms with E-state index in [2.05, 4.69) is 15.9 Å². The smallest absolute Gasteiger partial charge is 0.306 e. The van der Waals surface area contributed by atoms with Crippen LogP contribution in [0.1, 0.15) is 25.3 Å². The molecule has 0 radical (unpaired) electrons. The summed E-state index contributed by atoms with van der Waals surface area (Å²) in [6.45, 7) is 2.46. The van der Waals surface area contributed by atoms with Gasteiger partial charge in [-0.15, -0.1) is 0 Å². The van der Waals surface area contributed by atoms with E-state index in [4.69, 9.17) is 5.11 Å². The van der Waals surface area contributed by atoms with Crippen LogP contribution < -0.4 is 0 Å². The van der Waals surface area contributed by atoms with E-state index >= 15 is 0 Å². The number of carbonyl (C=O) groups is 2. The molecule has 1 aromatic rings. The molecule has 4 nitrogen and oxygen atoms in total. The monoisotopic (exact) mass is 339 g/mol. The lowest BCUT2D eigenvalue weighted by molar-refractivity contribution is -0.147. The van der Waals surface area contributed by atoms with Crippen LogP contribution in [0.15, 0.2) is 28.7 Å². The van der Waals surface area contributed by atoms with Gasteiger partial charge >= 0.3 is 5.97 Å². The molecule has 0 aromatic heterocycles. The van der Waals surface area contributed by atoms with Gasteiger partial charge in [0.15, 0.2) is 0 Å². The highest BCUT2D eigenvalue weighted by atomic mass is 79.9. The molecule has 2 unspecified atom stereocenters. The number of hydrogen-bond acceptors (Lipinski definition) is 2. The van der Waals surface area contributed by atoms with E-state index in [1.165, 1.54) is 0 Å². The number of benzene rings is 1. The third kappa shape index (κ3) is 3.60. The summed E-state index contributed by atoms with van der Waals surface area (Å²) in [6.07, 6.45) is 1.46. The zero-order chi connectivity index (χ0) is 14.7. The SMILES string of the molecule is CC1CC(C(=O)O)CCN1C(=O)Cc1ccc(Br)cc1. The Labute approximate surface area is 126 Å². The van der Waals surface area contributed by atoms with Gasteiger partial charge in [-0.25, -0.2) is 0 Å². The average Bonchev–Trinajstić information content (AvgIpc) is 2.41. The number of aliphatic carboxylic acids is 1. The molecular formula is C15H18BrNO3. The summed E-state index contributed by atoms with van der Waals surface area (Å²) in [5.41, 5.74) is 0.978. The summed E-state index contributed by atoms with van der Waals surface area (Å²) in [5, 5.41) is 9.03. The Morgan fingerprint density at radius 1 is 1.35 bits per heavy atom. The van der Waals surface area contributed by atoms with Crippen molar-refractivity contribution in [3.05, 3.63) is 34.3 Å². The van der Waals surface area contributed by atoms with Crippen LogP contribution >= 0.6 is 15.9 Å². The van der Waals surface area contributed by atoms with E-state index in [0.717, 1.165) is 10.0 Å². The van der Waals surface area contributed by atoms with Crippen LogP contribution in [-0.4, -0.2) is 34.5 Å². The quantitative estimate of drug-likeness (QED) is 0.920. The third-order valence-electron chi connectivity index (χ3n) is 3.81. The molecule has 108 valence electrons. The maximum Gasteiger partial charge on any atom is 0.306 e. The number of halogens is 1.